The minimum absolute atomic E-state index is 0.131. The average molecular weight is 564 g/mol. The summed E-state index contributed by atoms with van der Waals surface area (Å²) in [5, 5.41) is 3.10. The number of aromatic nitrogens is 2. The molecule has 2 amide bonds. The lowest BCUT2D eigenvalue weighted by molar-refractivity contribution is -0.137. The highest BCUT2D eigenvalue weighted by atomic mass is 79.9. The molecule has 0 aliphatic carbocycles. The molecule has 1 saturated heterocycles. The number of anilines is 1. The third kappa shape index (κ3) is 5.27. The lowest BCUT2D eigenvalue weighted by Crippen LogP contribution is -2.44. The maximum atomic E-state index is 14.3. The molecule has 1 aromatic carbocycles. The average Bonchev–Trinajstić information content (AvgIpc) is 3.34. The second kappa shape index (κ2) is 9.50. The van der Waals surface area contributed by atoms with Crippen LogP contribution >= 0.6 is 15.9 Å². The van der Waals surface area contributed by atoms with E-state index in [1.165, 1.54) is 36.4 Å². The normalized spacial score (nSPS) is 19.5. The van der Waals surface area contributed by atoms with Gasteiger partial charge in [-0.3, -0.25) is 14.4 Å². The zero-order valence-electron chi connectivity index (χ0n) is 19.0. The van der Waals surface area contributed by atoms with E-state index in [2.05, 4.69) is 26.2 Å². The number of nitrogens with one attached hydrogen (secondary N) is 2. The highest BCUT2D eigenvalue weighted by Crippen LogP contribution is 2.27. The molecule has 0 bridgehead atoms. The van der Waals surface area contributed by atoms with E-state index in [4.69, 9.17) is 4.78 Å². The molecule has 0 spiro atoms. The molecule has 0 radical (unpaired) electrons. The van der Waals surface area contributed by atoms with Gasteiger partial charge in [-0.25, -0.2) is 18.4 Å². The first-order chi connectivity index (χ1) is 16.4. The first kappa shape index (κ1) is 25.0. The number of benzene rings is 1. The first-order valence-corrected chi connectivity index (χ1v) is 13.4. The molecular formula is C23H23BrFN5O4S. The van der Waals surface area contributed by atoms with Gasteiger partial charge in [0.15, 0.2) is 5.78 Å². The fraction of sp³-hybridized carbons (Fsp3) is 0.304. The summed E-state index contributed by atoms with van der Waals surface area (Å²) >= 11 is 3.22. The van der Waals surface area contributed by atoms with Crippen LogP contribution in [0.1, 0.15) is 23.7 Å². The largest absolute Gasteiger partial charge is 0.337 e. The number of alkyl halides is 1. The Labute approximate surface area is 209 Å². The number of Topliss-reactive ketones (excluding diaryl/α,β-unsaturated/α-hetero) is 1. The van der Waals surface area contributed by atoms with E-state index in [1.807, 2.05) is 0 Å². The van der Waals surface area contributed by atoms with Crippen molar-refractivity contribution in [2.24, 2.45) is 0 Å². The number of halogens is 2. The van der Waals surface area contributed by atoms with Gasteiger partial charge in [-0.2, -0.15) is 0 Å². The quantitative estimate of drug-likeness (QED) is 0.350. The molecule has 2 aromatic heterocycles. The van der Waals surface area contributed by atoms with Crippen LogP contribution in [0.25, 0.3) is 10.9 Å². The Balaban J connectivity index is 1.61. The zero-order chi connectivity index (χ0) is 25.5. The number of carbonyl (C=O) groups excluding carboxylic acids is 3. The van der Waals surface area contributed by atoms with Gasteiger partial charge in [0.1, 0.15) is 29.2 Å². The summed E-state index contributed by atoms with van der Waals surface area (Å²) in [7, 11) is -3.01. The maximum Gasteiger partial charge on any atom is 0.248 e. The highest BCUT2D eigenvalue weighted by molar-refractivity contribution is 9.10. The Hall–Kier alpha value is -3.12. The first-order valence-electron chi connectivity index (χ1n) is 10.7. The van der Waals surface area contributed by atoms with Crippen LogP contribution < -0.4 is 5.32 Å². The molecule has 1 aliphatic rings. The minimum Gasteiger partial charge on any atom is -0.337 e. The molecule has 3 aromatic rings. The predicted octanol–water partition coefficient (Wildman–Crippen LogP) is 3.61. The molecular weight excluding hydrogens is 541 g/mol. The number of fused-ring (bicyclic) bond motifs is 1. The number of nitrogens with zero attached hydrogens (tertiary/aromatic N) is 3. The molecule has 12 heteroatoms. The molecule has 1 fully saturated rings. The van der Waals surface area contributed by atoms with E-state index in [-0.39, 0.29) is 36.0 Å². The Morgan fingerprint density at radius 3 is 2.69 bits per heavy atom. The molecule has 9 nitrogen and oxygen atoms in total. The molecule has 3 atom stereocenters. The molecule has 35 heavy (non-hydrogen) atoms. The summed E-state index contributed by atoms with van der Waals surface area (Å²) < 4.78 is 36.4. The summed E-state index contributed by atoms with van der Waals surface area (Å²) in [6.07, 6.45) is 1.32. The van der Waals surface area contributed by atoms with Crippen molar-refractivity contribution in [3.63, 3.8) is 0 Å². The van der Waals surface area contributed by atoms with E-state index in [9.17, 15) is 23.0 Å². The number of ketones is 1. The van der Waals surface area contributed by atoms with Gasteiger partial charge < -0.3 is 14.8 Å². The topological polar surface area (TPSA) is 125 Å². The van der Waals surface area contributed by atoms with Gasteiger partial charge >= 0.3 is 0 Å². The van der Waals surface area contributed by atoms with Crippen molar-refractivity contribution in [2.45, 2.75) is 37.0 Å². The van der Waals surface area contributed by atoms with E-state index in [0.29, 0.717) is 21.1 Å². The SMILES string of the molecule is CC(=O)c1cn(CC(=O)N2C[C@H](F)C[C@H]2C(=O)Nc2cccc(Br)n2)c2ccc(S(C)(=N)=O)cc12. The van der Waals surface area contributed by atoms with Crippen LogP contribution in [0.15, 0.2) is 52.1 Å². The van der Waals surface area contributed by atoms with Gasteiger partial charge in [0, 0.05) is 40.2 Å². The second-order valence-electron chi connectivity index (χ2n) is 8.48. The lowest BCUT2D eigenvalue weighted by atomic mass is 10.1. The molecule has 0 saturated carbocycles. The van der Waals surface area contributed by atoms with Crippen LogP contribution in [0.2, 0.25) is 0 Å². The smallest absolute Gasteiger partial charge is 0.248 e. The van der Waals surface area contributed by atoms with Crippen LogP contribution in [0, 0.1) is 4.78 Å². The Kier molecular flexibility index (Phi) is 6.78. The van der Waals surface area contributed by atoms with Gasteiger partial charge in [-0.15, -0.1) is 0 Å². The number of pyridine rings is 1. The van der Waals surface area contributed by atoms with E-state index < -0.39 is 33.8 Å². The van der Waals surface area contributed by atoms with E-state index in [0.717, 1.165) is 0 Å². The van der Waals surface area contributed by atoms with Crippen molar-refractivity contribution in [3.8, 4) is 0 Å². The Morgan fingerprint density at radius 2 is 2.03 bits per heavy atom. The fourth-order valence-corrected chi connectivity index (χ4v) is 5.18. The van der Waals surface area contributed by atoms with Gasteiger partial charge in [0.25, 0.3) is 0 Å². The van der Waals surface area contributed by atoms with Gasteiger partial charge in [-0.1, -0.05) is 6.07 Å². The van der Waals surface area contributed by atoms with Gasteiger partial charge in [0.2, 0.25) is 11.8 Å². The number of amides is 2. The summed E-state index contributed by atoms with van der Waals surface area (Å²) in [5.74, 6) is -0.999. The standard InChI is InChI=1S/C23H23BrFN5O4S/c1-13(31)17-11-29(18-7-6-15(9-16(17)18)35(2,26)34)12-22(32)30-10-14(25)8-19(30)23(33)28-21-5-3-4-20(24)27-21/h3-7,9,11,14,19,26H,8,10,12H2,1-2H3,(H,27,28,33)/t14-,19+,35?/m1/s1. The molecule has 1 aliphatic heterocycles. The van der Waals surface area contributed by atoms with Gasteiger partial charge in [-0.05, 0) is 53.2 Å². The van der Waals surface area contributed by atoms with Crippen LogP contribution in [-0.2, 0) is 25.9 Å². The summed E-state index contributed by atoms with van der Waals surface area (Å²) in [5.41, 5.74) is 0.851. The molecule has 3 heterocycles. The van der Waals surface area contributed by atoms with Crippen molar-refractivity contribution in [1.82, 2.24) is 14.5 Å². The predicted molar refractivity (Wildman–Crippen MR) is 133 cm³/mol. The van der Waals surface area contributed by atoms with Crippen molar-refractivity contribution in [2.75, 3.05) is 18.1 Å². The van der Waals surface area contributed by atoms with Crippen LogP contribution in [0.4, 0.5) is 10.2 Å². The number of carbonyl (C=O) groups is 3. The fourth-order valence-electron chi connectivity index (χ4n) is 4.16. The highest BCUT2D eigenvalue weighted by Gasteiger charge is 2.40. The van der Waals surface area contributed by atoms with Gasteiger partial charge in [0.05, 0.1) is 16.3 Å². The third-order valence-electron chi connectivity index (χ3n) is 5.83. The van der Waals surface area contributed by atoms with E-state index in [1.54, 1.807) is 28.8 Å². The summed E-state index contributed by atoms with van der Waals surface area (Å²) in [6.45, 7) is 0.932. The molecule has 184 valence electrons. The number of hydrogen-bond acceptors (Lipinski definition) is 6. The number of hydrogen-bond donors (Lipinski definition) is 2. The Morgan fingerprint density at radius 1 is 1.29 bits per heavy atom. The van der Waals surface area contributed by atoms with Crippen molar-refractivity contribution >= 4 is 60.0 Å². The third-order valence-corrected chi connectivity index (χ3v) is 7.42. The molecule has 1 unspecified atom stereocenters. The van der Waals surface area contributed by atoms with Crippen molar-refractivity contribution in [3.05, 3.63) is 52.8 Å². The Bertz CT molecular complexity index is 1460. The van der Waals surface area contributed by atoms with Crippen molar-refractivity contribution in [1.29, 1.82) is 4.78 Å². The zero-order valence-corrected chi connectivity index (χ0v) is 21.4. The van der Waals surface area contributed by atoms with Crippen molar-refractivity contribution < 1.29 is 23.0 Å². The lowest BCUT2D eigenvalue weighted by Gasteiger charge is -2.24. The van der Waals surface area contributed by atoms with Crippen LogP contribution in [0.3, 0.4) is 0 Å². The molecule has 4 rings (SSSR count). The maximum absolute atomic E-state index is 14.3. The monoisotopic (exact) mass is 563 g/mol. The van der Waals surface area contributed by atoms with Crippen LogP contribution in [-0.4, -0.2) is 61.3 Å². The van der Waals surface area contributed by atoms with Crippen LogP contribution in [0.5, 0.6) is 0 Å². The molecule has 2 N–H and O–H groups in total. The summed E-state index contributed by atoms with van der Waals surface area (Å²) in [4.78, 5) is 43.9. The van der Waals surface area contributed by atoms with E-state index >= 15 is 0 Å². The summed E-state index contributed by atoms with van der Waals surface area (Å²) in [6, 6.07) is 8.62. The number of likely N-dealkylation sites (tertiary alicyclic amines) is 1. The minimum atomic E-state index is -3.01. The second-order valence-corrected chi connectivity index (χ2v) is 11.5. The number of rotatable bonds is 6.